The summed E-state index contributed by atoms with van der Waals surface area (Å²) in [6.45, 7) is 0. The predicted octanol–water partition coefficient (Wildman–Crippen LogP) is 1.14. The van der Waals surface area contributed by atoms with E-state index in [2.05, 4.69) is 12.2 Å². The molecule has 3 nitrogen and oxygen atoms in total. The molecule has 12 heavy (non-hydrogen) atoms. The molecule has 3 heteroatoms. The molecule has 3 N–H and O–H groups in total. The Morgan fingerprint density at radius 1 is 1.58 bits per heavy atom. The first-order chi connectivity index (χ1) is 5.70. The number of hydrogen-bond acceptors (Lipinski definition) is 2. The molecule has 0 aromatic rings. The van der Waals surface area contributed by atoms with Gasteiger partial charge in [-0.15, -0.1) is 0 Å². The molecular weight excluding hydrogens is 154 g/mol. The molecule has 1 rings (SSSR count). The standard InChI is InChI=1S/C9H15NO2/c10-8(5-6-9(11)12)7-3-1-2-4-7/h1-2,7-8H,3-6,10H2,(H,11,12). The fourth-order valence-electron chi connectivity index (χ4n) is 1.51. The van der Waals surface area contributed by atoms with Crippen molar-refractivity contribution < 1.29 is 9.90 Å². The smallest absolute Gasteiger partial charge is 0.303 e. The van der Waals surface area contributed by atoms with Crippen molar-refractivity contribution in [2.75, 3.05) is 0 Å². The highest BCUT2D eigenvalue weighted by Gasteiger charge is 2.18. The third kappa shape index (κ3) is 2.66. The quantitative estimate of drug-likeness (QED) is 0.620. The summed E-state index contributed by atoms with van der Waals surface area (Å²) < 4.78 is 0. The lowest BCUT2D eigenvalue weighted by atomic mass is 9.94. The normalized spacial score (nSPS) is 19.8. The van der Waals surface area contributed by atoms with Crippen LogP contribution in [-0.2, 0) is 4.79 Å². The second-order valence-electron chi connectivity index (χ2n) is 3.30. The van der Waals surface area contributed by atoms with Gasteiger partial charge in [-0.05, 0) is 25.2 Å². The minimum atomic E-state index is -0.753. The van der Waals surface area contributed by atoms with Crippen molar-refractivity contribution in [1.82, 2.24) is 0 Å². The van der Waals surface area contributed by atoms with Crippen molar-refractivity contribution in [3.63, 3.8) is 0 Å². The first-order valence-corrected chi connectivity index (χ1v) is 4.32. The van der Waals surface area contributed by atoms with Gasteiger partial charge in [0.15, 0.2) is 0 Å². The summed E-state index contributed by atoms with van der Waals surface area (Å²) in [6, 6.07) is 0.0519. The number of allylic oxidation sites excluding steroid dienone is 2. The van der Waals surface area contributed by atoms with E-state index in [1.54, 1.807) is 0 Å². The summed E-state index contributed by atoms with van der Waals surface area (Å²) in [5, 5.41) is 8.43. The highest BCUT2D eigenvalue weighted by atomic mass is 16.4. The van der Waals surface area contributed by atoms with Gasteiger partial charge in [-0.1, -0.05) is 12.2 Å². The Labute approximate surface area is 72.3 Å². The zero-order valence-electron chi connectivity index (χ0n) is 7.07. The van der Waals surface area contributed by atoms with Gasteiger partial charge in [0.2, 0.25) is 0 Å². The Balaban J connectivity index is 2.19. The minimum absolute atomic E-state index is 0.0519. The fourth-order valence-corrected chi connectivity index (χ4v) is 1.51. The van der Waals surface area contributed by atoms with Crippen LogP contribution < -0.4 is 5.73 Å². The van der Waals surface area contributed by atoms with Crippen LogP contribution in [0.4, 0.5) is 0 Å². The Morgan fingerprint density at radius 2 is 2.17 bits per heavy atom. The lowest BCUT2D eigenvalue weighted by Gasteiger charge is -2.17. The van der Waals surface area contributed by atoms with Crippen molar-refractivity contribution in [2.45, 2.75) is 31.7 Å². The lowest BCUT2D eigenvalue weighted by Crippen LogP contribution is -2.29. The molecule has 0 amide bonds. The van der Waals surface area contributed by atoms with Gasteiger partial charge in [-0.2, -0.15) is 0 Å². The maximum Gasteiger partial charge on any atom is 0.303 e. The number of carbonyl (C=O) groups is 1. The van der Waals surface area contributed by atoms with Gasteiger partial charge in [-0.25, -0.2) is 0 Å². The van der Waals surface area contributed by atoms with E-state index >= 15 is 0 Å². The largest absolute Gasteiger partial charge is 0.481 e. The second-order valence-corrected chi connectivity index (χ2v) is 3.30. The molecule has 1 aliphatic rings. The third-order valence-electron chi connectivity index (χ3n) is 2.34. The Morgan fingerprint density at radius 3 is 2.67 bits per heavy atom. The number of carboxylic acid groups (broad SMARTS) is 1. The molecule has 0 spiro atoms. The van der Waals surface area contributed by atoms with Crippen molar-refractivity contribution in [1.29, 1.82) is 0 Å². The average Bonchev–Trinajstić information content (AvgIpc) is 2.51. The van der Waals surface area contributed by atoms with Gasteiger partial charge < -0.3 is 10.8 Å². The van der Waals surface area contributed by atoms with Crippen LogP contribution in [0, 0.1) is 5.92 Å². The van der Waals surface area contributed by atoms with Crippen molar-refractivity contribution >= 4 is 5.97 Å². The molecule has 1 unspecified atom stereocenters. The maximum absolute atomic E-state index is 10.2. The van der Waals surface area contributed by atoms with Crippen LogP contribution in [0.5, 0.6) is 0 Å². The van der Waals surface area contributed by atoms with Crippen LogP contribution >= 0.6 is 0 Å². The van der Waals surface area contributed by atoms with Crippen LogP contribution in [-0.4, -0.2) is 17.1 Å². The zero-order valence-corrected chi connectivity index (χ0v) is 7.07. The highest BCUT2D eigenvalue weighted by molar-refractivity contribution is 5.66. The summed E-state index contributed by atoms with van der Waals surface area (Å²) in [6.07, 6.45) is 7.05. The molecule has 0 aromatic heterocycles. The Hall–Kier alpha value is -0.830. The Bertz CT molecular complexity index is 181. The summed E-state index contributed by atoms with van der Waals surface area (Å²) in [5.41, 5.74) is 5.82. The van der Waals surface area contributed by atoms with E-state index < -0.39 is 5.97 Å². The maximum atomic E-state index is 10.2. The lowest BCUT2D eigenvalue weighted by molar-refractivity contribution is -0.137. The molecule has 0 aliphatic heterocycles. The molecule has 0 saturated carbocycles. The van der Waals surface area contributed by atoms with Crippen LogP contribution in [0.2, 0.25) is 0 Å². The van der Waals surface area contributed by atoms with Gasteiger partial charge in [0.1, 0.15) is 0 Å². The van der Waals surface area contributed by atoms with E-state index in [1.165, 1.54) is 0 Å². The van der Waals surface area contributed by atoms with E-state index in [4.69, 9.17) is 10.8 Å². The van der Waals surface area contributed by atoms with Crippen molar-refractivity contribution in [3.8, 4) is 0 Å². The van der Waals surface area contributed by atoms with Gasteiger partial charge in [0, 0.05) is 12.5 Å². The zero-order chi connectivity index (χ0) is 8.97. The molecule has 1 aliphatic carbocycles. The molecule has 0 radical (unpaired) electrons. The third-order valence-corrected chi connectivity index (χ3v) is 2.34. The molecule has 0 fully saturated rings. The van der Waals surface area contributed by atoms with E-state index in [-0.39, 0.29) is 12.5 Å². The highest BCUT2D eigenvalue weighted by Crippen LogP contribution is 2.22. The van der Waals surface area contributed by atoms with Crippen LogP contribution in [0.1, 0.15) is 25.7 Å². The molecule has 68 valence electrons. The number of carboxylic acids is 1. The topological polar surface area (TPSA) is 63.3 Å². The molecular formula is C9H15NO2. The monoisotopic (exact) mass is 169 g/mol. The fraction of sp³-hybridized carbons (Fsp3) is 0.667. The molecule has 0 heterocycles. The summed E-state index contributed by atoms with van der Waals surface area (Å²) in [4.78, 5) is 10.2. The number of nitrogens with two attached hydrogens (primary N) is 1. The first-order valence-electron chi connectivity index (χ1n) is 4.32. The average molecular weight is 169 g/mol. The van der Waals surface area contributed by atoms with Crippen LogP contribution in [0.25, 0.3) is 0 Å². The molecule has 1 atom stereocenters. The SMILES string of the molecule is NC(CCC(=O)O)C1CC=CC1. The van der Waals surface area contributed by atoms with Gasteiger partial charge in [0.05, 0.1) is 0 Å². The summed E-state index contributed by atoms with van der Waals surface area (Å²) >= 11 is 0. The van der Waals surface area contributed by atoms with Gasteiger partial charge >= 0.3 is 5.97 Å². The number of rotatable bonds is 4. The Kier molecular flexibility index (Phi) is 3.29. The number of hydrogen-bond donors (Lipinski definition) is 2. The van der Waals surface area contributed by atoms with E-state index in [9.17, 15) is 4.79 Å². The summed E-state index contributed by atoms with van der Waals surface area (Å²) in [5.74, 6) is -0.277. The summed E-state index contributed by atoms with van der Waals surface area (Å²) in [7, 11) is 0. The molecule has 0 aromatic carbocycles. The van der Waals surface area contributed by atoms with E-state index in [1.807, 2.05) is 0 Å². The van der Waals surface area contributed by atoms with Crippen molar-refractivity contribution in [3.05, 3.63) is 12.2 Å². The van der Waals surface area contributed by atoms with E-state index in [0.29, 0.717) is 12.3 Å². The predicted molar refractivity (Wildman–Crippen MR) is 46.7 cm³/mol. The second kappa shape index (κ2) is 4.26. The van der Waals surface area contributed by atoms with E-state index in [0.717, 1.165) is 12.8 Å². The molecule has 0 bridgehead atoms. The van der Waals surface area contributed by atoms with Gasteiger partial charge in [0.25, 0.3) is 0 Å². The first kappa shape index (κ1) is 9.26. The van der Waals surface area contributed by atoms with Gasteiger partial charge in [-0.3, -0.25) is 4.79 Å². The molecule has 0 saturated heterocycles. The minimum Gasteiger partial charge on any atom is -0.481 e. The van der Waals surface area contributed by atoms with Crippen molar-refractivity contribution in [2.24, 2.45) is 11.7 Å². The van der Waals surface area contributed by atoms with Crippen LogP contribution in [0.3, 0.4) is 0 Å². The van der Waals surface area contributed by atoms with Crippen LogP contribution in [0.15, 0.2) is 12.2 Å². The number of aliphatic carboxylic acids is 1.